The molecule has 1 atom stereocenters. The molecule has 3 aliphatic rings. The lowest BCUT2D eigenvalue weighted by atomic mass is 9.85. The van der Waals surface area contributed by atoms with E-state index in [1.807, 2.05) is 0 Å². The highest BCUT2D eigenvalue weighted by Crippen LogP contribution is 2.33. The number of β-amino-alcohol motifs (C(OH)–C–C–N with tert-alkyl or cyclic N) is 1. The molecule has 150 valence electrons. The molecule has 2 aliphatic heterocycles. The molecule has 2 saturated heterocycles. The summed E-state index contributed by atoms with van der Waals surface area (Å²) in [6, 6.07) is 0. The van der Waals surface area contributed by atoms with E-state index in [0.29, 0.717) is 37.7 Å². The Morgan fingerprint density at radius 1 is 1.22 bits per heavy atom. The van der Waals surface area contributed by atoms with Gasteiger partial charge in [0.2, 0.25) is 0 Å². The summed E-state index contributed by atoms with van der Waals surface area (Å²) in [5, 5.41) is 18.4. The fourth-order valence-electron chi connectivity index (χ4n) is 4.88. The van der Waals surface area contributed by atoms with Crippen LogP contribution < -0.4 is 0 Å². The summed E-state index contributed by atoms with van der Waals surface area (Å²) < 4.78 is 5.67. The van der Waals surface area contributed by atoms with Gasteiger partial charge in [0.25, 0.3) is 5.91 Å². The van der Waals surface area contributed by atoms with Gasteiger partial charge in [0, 0.05) is 19.0 Å². The molecule has 1 unspecified atom stereocenters. The Bertz CT molecular complexity index is 637. The number of likely N-dealkylation sites (tertiary alicyclic amines) is 1. The lowest BCUT2D eigenvalue weighted by Gasteiger charge is -2.34. The number of aliphatic hydroxyl groups is 1. The average Bonchev–Trinajstić information content (AvgIpc) is 3.32. The molecule has 2 N–H and O–H groups in total. The molecule has 7 nitrogen and oxygen atoms in total. The predicted octanol–water partition coefficient (Wildman–Crippen LogP) is 1.76. The van der Waals surface area contributed by atoms with Gasteiger partial charge in [0.1, 0.15) is 5.60 Å². The number of aromatic amines is 1. The van der Waals surface area contributed by atoms with Crippen molar-refractivity contribution in [3.8, 4) is 0 Å². The Morgan fingerprint density at radius 3 is 2.78 bits per heavy atom. The zero-order valence-electron chi connectivity index (χ0n) is 16.2. The predicted molar refractivity (Wildman–Crippen MR) is 102 cm³/mol. The minimum Gasteiger partial charge on any atom is -0.384 e. The molecule has 27 heavy (non-hydrogen) atoms. The molecule has 1 saturated carbocycles. The molecule has 4 rings (SSSR count). The number of carbonyl (C=O) groups excluding carboxylic acids is 1. The van der Waals surface area contributed by atoms with Crippen LogP contribution in [0.1, 0.15) is 66.9 Å². The zero-order valence-corrected chi connectivity index (χ0v) is 16.2. The molecule has 3 heterocycles. The number of ether oxygens (including phenoxy) is 1. The highest BCUT2D eigenvalue weighted by atomic mass is 16.5. The number of aromatic nitrogens is 2. The van der Waals surface area contributed by atoms with Crippen LogP contribution in [-0.2, 0) is 4.74 Å². The maximum atomic E-state index is 13.3. The molecule has 1 aliphatic carbocycles. The monoisotopic (exact) mass is 376 g/mol. The molecule has 1 amide bonds. The molecule has 7 heteroatoms. The number of hydrogen-bond donors (Lipinski definition) is 2. The number of nitrogens with zero attached hydrogens (tertiary/aromatic N) is 3. The second-order valence-corrected chi connectivity index (χ2v) is 8.52. The van der Waals surface area contributed by atoms with Crippen LogP contribution in [0.5, 0.6) is 0 Å². The average molecular weight is 377 g/mol. The van der Waals surface area contributed by atoms with Crippen LogP contribution in [0.4, 0.5) is 0 Å². The lowest BCUT2D eigenvalue weighted by molar-refractivity contribution is -0.0524. The van der Waals surface area contributed by atoms with Crippen molar-refractivity contribution in [1.82, 2.24) is 20.0 Å². The van der Waals surface area contributed by atoms with Gasteiger partial charge in [-0.25, -0.2) is 0 Å². The largest absolute Gasteiger partial charge is 0.384 e. The van der Waals surface area contributed by atoms with Crippen molar-refractivity contribution in [2.24, 2.45) is 0 Å². The van der Waals surface area contributed by atoms with Gasteiger partial charge in [-0.2, -0.15) is 5.10 Å². The van der Waals surface area contributed by atoms with E-state index < -0.39 is 5.60 Å². The highest BCUT2D eigenvalue weighted by Gasteiger charge is 2.38. The van der Waals surface area contributed by atoms with E-state index in [9.17, 15) is 9.90 Å². The topological polar surface area (TPSA) is 81.7 Å². The van der Waals surface area contributed by atoms with Gasteiger partial charge < -0.3 is 19.6 Å². The summed E-state index contributed by atoms with van der Waals surface area (Å²) in [6.45, 7) is 4.18. The van der Waals surface area contributed by atoms with Gasteiger partial charge in [-0.1, -0.05) is 19.3 Å². The number of rotatable bonds is 4. The normalized spacial score (nSPS) is 28.4. The smallest absolute Gasteiger partial charge is 0.257 e. The van der Waals surface area contributed by atoms with Crippen LogP contribution in [0.3, 0.4) is 0 Å². The number of H-pyrrole nitrogens is 1. The first-order valence-corrected chi connectivity index (χ1v) is 10.5. The quantitative estimate of drug-likeness (QED) is 0.837. The maximum Gasteiger partial charge on any atom is 0.257 e. The molecule has 3 fully saturated rings. The van der Waals surface area contributed by atoms with Gasteiger partial charge in [0.15, 0.2) is 0 Å². The minimum absolute atomic E-state index is 0.0327. The van der Waals surface area contributed by atoms with Crippen LogP contribution >= 0.6 is 0 Å². The number of nitrogens with one attached hydrogen (secondary N) is 1. The van der Waals surface area contributed by atoms with E-state index in [2.05, 4.69) is 15.1 Å². The summed E-state index contributed by atoms with van der Waals surface area (Å²) >= 11 is 0. The van der Waals surface area contributed by atoms with Crippen molar-refractivity contribution in [2.75, 3.05) is 45.9 Å². The summed E-state index contributed by atoms with van der Waals surface area (Å²) in [7, 11) is 0. The Labute approximate surface area is 161 Å². The molecule has 0 radical (unpaired) electrons. The SMILES string of the molecule is O=C(c1cn[nH]c1C1CCCCC1)N1CCOCC(O)(CN2CCCC2)C1. The van der Waals surface area contributed by atoms with Crippen LogP contribution in [0.25, 0.3) is 0 Å². The summed E-state index contributed by atoms with van der Waals surface area (Å²) in [4.78, 5) is 17.3. The number of carbonyl (C=O) groups is 1. The van der Waals surface area contributed by atoms with Gasteiger partial charge in [-0.15, -0.1) is 0 Å². The van der Waals surface area contributed by atoms with E-state index in [1.54, 1.807) is 11.1 Å². The van der Waals surface area contributed by atoms with Gasteiger partial charge in [0.05, 0.1) is 37.2 Å². The standard InChI is InChI=1S/C20H32N4O3/c25-19(17-12-21-22-18(17)16-6-2-1-3-7-16)24-10-11-27-15-20(26,14-24)13-23-8-4-5-9-23/h12,16,26H,1-11,13-15H2,(H,21,22). The third kappa shape index (κ3) is 4.36. The first-order valence-electron chi connectivity index (χ1n) is 10.5. The van der Waals surface area contributed by atoms with Crippen molar-refractivity contribution < 1.29 is 14.6 Å². The third-order valence-corrected chi connectivity index (χ3v) is 6.28. The molecule has 0 spiro atoms. The summed E-state index contributed by atoms with van der Waals surface area (Å²) in [5.74, 6) is 0.363. The van der Waals surface area contributed by atoms with Crippen LogP contribution in [0, 0.1) is 0 Å². The number of hydrogen-bond acceptors (Lipinski definition) is 5. The third-order valence-electron chi connectivity index (χ3n) is 6.28. The Kier molecular flexibility index (Phi) is 5.80. The van der Waals surface area contributed by atoms with Crippen molar-refractivity contribution >= 4 is 5.91 Å². The number of amides is 1. The maximum absolute atomic E-state index is 13.3. The van der Waals surface area contributed by atoms with Crippen LogP contribution in [0.15, 0.2) is 6.20 Å². The highest BCUT2D eigenvalue weighted by molar-refractivity contribution is 5.95. The summed E-state index contributed by atoms with van der Waals surface area (Å²) in [5.41, 5.74) is 0.644. The van der Waals surface area contributed by atoms with Crippen molar-refractivity contribution in [3.63, 3.8) is 0 Å². The van der Waals surface area contributed by atoms with Gasteiger partial charge >= 0.3 is 0 Å². The lowest BCUT2D eigenvalue weighted by Crippen LogP contribution is -2.53. The first kappa shape index (κ1) is 18.9. The van der Waals surface area contributed by atoms with E-state index in [0.717, 1.165) is 31.6 Å². The van der Waals surface area contributed by atoms with Crippen molar-refractivity contribution in [2.45, 2.75) is 56.5 Å². The Balaban J connectivity index is 1.48. The molecule has 0 aromatic carbocycles. The Hall–Kier alpha value is -1.44. The van der Waals surface area contributed by atoms with Crippen LogP contribution in [0.2, 0.25) is 0 Å². The molecule has 0 bridgehead atoms. The van der Waals surface area contributed by atoms with E-state index in [-0.39, 0.29) is 12.5 Å². The molecule has 1 aromatic rings. The second-order valence-electron chi connectivity index (χ2n) is 8.52. The molecular formula is C20H32N4O3. The summed E-state index contributed by atoms with van der Waals surface area (Å²) in [6.07, 6.45) is 9.96. The Morgan fingerprint density at radius 2 is 2.00 bits per heavy atom. The fraction of sp³-hybridized carbons (Fsp3) is 0.800. The van der Waals surface area contributed by atoms with Crippen LogP contribution in [-0.4, -0.2) is 82.5 Å². The van der Waals surface area contributed by atoms with Gasteiger partial charge in [-0.3, -0.25) is 9.89 Å². The zero-order chi connectivity index (χ0) is 18.7. The van der Waals surface area contributed by atoms with Gasteiger partial charge in [-0.05, 0) is 38.8 Å². The van der Waals surface area contributed by atoms with Crippen molar-refractivity contribution in [1.29, 1.82) is 0 Å². The van der Waals surface area contributed by atoms with E-state index >= 15 is 0 Å². The molecular weight excluding hydrogens is 344 g/mol. The van der Waals surface area contributed by atoms with E-state index in [4.69, 9.17) is 4.74 Å². The molecule has 1 aromatic heterocycles. The van der Waals surface area contributed by atoms with Crippen molar-refractivity contribution in [3.05, 3.63) is 17.5 Å². The van der Waals surface area contributed by atoms with E-state index in [1.165, 1.54) is 32.1 Å². The minimum atomic E-state index is -1.01. The first-order chi connectivity index (χ1) is 13.1. The fourth-order valence-corrected chi connectivity index (χ4v) is 4.88. The second kappa shape index (κ2) is 8.29.